The monoisotopic (exact) mass is 281 g/mol. The van der Waals surface area contributed by atoms with Crippen LogP contribution >= 0.6 is 0 Å². The van der Waals surface area contributed by atoms with Crippen molar-refractivity contribution in [3.63, 3.8) is 0 Å². The van der Waals surface area contributed by atoms with Gasteiger partial charge in [-0.15, -0.1) is 0 Å². The molecule has 2 rings (SSSR count). The molecule has 1 N–H and O–H groups in total. The standard InChI is InChI=1S/C14H19NO3S/c1-3-19(16)8-7-15-10-12-9-11-5-4-6-13(17-2)14(11)18-12/h4-6,9,15H,3,7-8,10H2,1-2H3. The molecule has 1 atom stereocenters. The third-order valence-corrected chi connectivity index (χ3v) is 4.21. The number of nitrogens with one attached hydrogen (secondary N) is 1. The van der Waals surface area contributed by atoms with Crippen molar-refractivity contribution in [2.75, 3.05) is 25.2 Å². The molecule has 5 heteroatoms. The summed E-state index contributed by atoms with van der Waals surface area (Å²) in [5.41, 5.74) is 0.777. The van der Waals surface area contributed by atoms with Crippen molar-refractivity contribution in [2.24, 2.45) is 0 Å². The summed E-state index contributed by atoms with van der Waals surface area (Å²) in [6.07, 6.45) is 0. The zero-order valence-electron chi connectivity index (χ0n) is 11.3. The maximum atomic E-state index is 11.3. The van der Waals surface area contributed by atoms with Crippen LogP contribution in [0.5, 0.6) is 5.75 Å². The van der Waals surface area contributed by atoms with Gasteiger partial charge in [0.2, 0.25) is 0 Å². The van der Waals surface area contributed by atoms with E-state index >= 15 is 0 Å². The topological polar surface area (TPSA) is 51.5 Å². The van der Waals surface area contributed by atoms with E-state index in [4.69, 9.17) is 9.15 Å². The second-order valence-electron chi connectivity index (χ2n) is 4.20. The average Bonchev–Trinajstić information content (AvgIpc) is 2.85. The molecule has 0 fully saturated rings. The minimum absolute atomic E-state index is 0.638. The van der Waals surface area contributed by atoms with Crippen molar-refractivity contribution in [3.8, 4) is 5.75 Å². The molecule has 0 amide bonds. The summed E-state index contributed by atoms with van der Waals surface area (Å²) in [7, 11) is 0.916. The van der Waals surface area contributed by atoms with Crippen molar-refractivity contribution in [2.45, 2.75) is 13.5 Å². The Morgan fingerprint density at radius 3 is 3.00 bits per heavy atom. The van der Waals surface area contributed by atoms with Crippen LogP contribution in [0, 0.1) is 0 Å². The Bertz CT molecular complexity index is 565. The molecular weight excluding hydrogens is 262 g/mol. The number of hydrogen-bond donors (Lipinski definition) is 1. The largest absolute Gasteiger partial charge is 0.493 e. The Labute approximate surface area is 115 Å². The van der Waals surface area contributed by atoms with Crippen LogP contribution in [0.15, 0.2) is 28.7 Å². The predicted octanol–water partition coefficient (Wildman–Crippen LogP) is 2.30. The molecule has 0 saturated carbocycles. The van der Waals surface area contributed by atoms with E-state index in [1.54, 1.807) is 7.11 Å². The lowest BCUT2D eigenvalue weighted by Crippen LogP contribution is -2.20. The van der Waals surface area contributed by atoms with Gasteiger partial charge in [0.1, 0.15) is 5.76 Å². The van der Waals surface area contributed by atoms with Gasteiger partial charge in [-0.2, -0.15) is 0 Å². The summed E-state index contributed by atoms with van der Waals surface area (Å²) in [4.78, 5) is 0. The Morgan fingerprint density at radius 1 is 1.42 bits per heavy atom. The van der Waals surface area contributed by atoms with Crippen LogP contribution in [0.25, 0.3) is 11.0 Å². The molecule has 1 unspecified atom stereocenters. The summed E-state index contributed by atoms with van der Waals surface area (Å²) in [6.45, 7) is 3.30. The molecule has 2 aromatic rings. The molecule has 1 aromatic heterocycles. The van der Waals surface area contributed by atoms with Gasteiger partial charge in [0.05, 0.1) is 13.7 Å². The number of ether oxygens (including phenoxy) is 1. The van der Waals surface area contributed by atoms with Gasteiger partial charge >= 0.3 is 0 Å². The molecule has 0 radical (unpaired) electrons. The highest BCUT2D eigenvalue weighted by Crippen LogP contribution is 2.28. The normalized spacial score (nSPS) is 12.7. The first-order valence-corrected chi connectivity index (χ1v) is 7.84. The summed E-state index contributed by atoms with van der Waals surface area (Å²) in [5.74, 6) is 3.00. The zero-order valence-corrected chi connectivity index (χ0v) is 12.1. The first kappa shape index (κ1) is 14.1. The lowest BCUT2D eigenvalue weighted by molar-refractivity contribution is 0.406. The van der Waals surface area contributed by atoms with E-state index in [1.165, 1.54) is 0 Å². The maximum Gasteiger partial charge on any atom is 0.176 e. The van der Waals surface area contributed by atoms with Crippen molar-refractivity contribution < 1.29 is 13.4 Å². The van der Waals surface area contributed by atoms with Gasteiger partial charge in [0, 0.05) is 34.2 Å². The first-order valence-electron chi connectivity index (χ1n) is 6.35. The van der Waals surface area contributed by atoms with Crippen LogP contribution in [0.4, 0.5) is 0 Å². The van der Waals surface area contributed by atoms with Gasteiger partial charge in [-0.25, -0.2) is 0 Å². The van der Waals surface area contributed by atoms with E-state index in [2.05, 4.69) is 5.32 Å². The highest BCUT2D eigenvalue weighted by Gasteiger charge is 2.08. The molecule has 1 heterocycles. The molecule has 0 aliphatic carbocycles. The van der Waals surface area contributed by atoms with Crippen LogP contribution in [0.3, 0.4) is 0 Å². The van der Waals surface area contributed by atoms with Gasteiger partial charge in [-0.05, 0) is 12.1 Å². The third kappa shape index (κ3) is 3.58. The quantitative estimate of drug-likeness (QED) is 0.791. The smallest absolute Gasteiger partial charge is 0.176 e. The minimum Gasteiger partial charge on any atom is -0.493 e. The van der Waals surface area contributed by atoms with Crippen LogP contribution in [-0.2, 0) is 17.3 Å². The zero-order chi connectivity index (χ0) is 13.7. The van der Waals surface area contributed by atoms with Crippen LogP contribution in [0.2, 0.25) is 0 Å². The van der Waals surface area contributed by atoms with Gasteiger partial charge in [-0.1, -0.05) is 19.1 Å². The number of benzene rings is 1. The van der Waals surface area contributed by atoms with Crippen LogP contribution < -0.4 is 10.1 Å². The van der Waals surface area contributed by atoms with Crippen LogP contribution in [-0.4, -0.2) is 29.4 Å². The van der Waals surface area contributed by atoms with Gasteiger partial charge in [0.25, 0.3) is 0 Å². The summed E-state index contributed by atoms with van der Waals surface area (Å²) >= 11 is 0. The second-order valence-corrected chi connectivity index (χ2v) is 6.07. The van der Waals surface area contributed by atoms with E-state index in [9.17, 15) is 4.21 Å². The van der Waals surface area contributed by atoms with E-state index in [0.29, 0.717) is 18.1 Å². The molecular formula is C14H19NO3S. The maximum absolute atomic E-state index is 11.3. The average molecular weight is 281 g/mol. The third-order valence-electron chi connectivity index (χ3n) is 2.91. The predicted molar refractivity (Wildman–Crippen MR) is 78.0 cm³/mol. The van der Waals surface area contributed by atoms with E-state index in [-0.39, 0.29) is 0 Å². The Balaban J connectivity index is 1.96. The summed E-state index contributed by atoms with van der Waals surface area (Å²) in [6, 6.07) is 7.82. The molecule has 19 heavy (non-hydrogen) atoms. The molecule has 0 saturated heterocycles. The fourth-order valence-corrected chi connectivity index (χ4v) is 2.54. The highest BCUT2D eigenvalue weighted by atomic mass is 32.2. The van der Waals surface area contributed by atoms with E-state index in [1.807, 2.05) is 31.2 Å². The second kappa shape index (κ2) is 6.73. The molecule has 0 aliphatic heterocycles. The number of para-hydroxylation sites is 1. The minimum atomic E-state index is -0.718. The summed E-state index contributed by atoms with van der Waals surface area (Å²) in [5, 5.41) is 4.27. The fraction of sp³-hybridized carbons (Fsp3) is 0.429. The fourth-order valence-electron chi connectivity index (χ4n) is 1.88. The number of hydrogen-bond acceptors (Lipinski definition) is 4. The van der Waals surface area contributed by atoms with Crippen molar-refractivity contribution in [1.29, 1.82) is 0 Å². The highest BCUT2D eigenvalue weighted by molar-refractivity contribution is 7.84. The van der Waals surface area contributed by atoms with Crippen molar-refractivity contribution >= 4 is 21.8 Å². The Hall–Kier alpha value is -1.33. The van der Waals surface area contributed by atoms with Crippen LogP contribution in [0.1, 0.15) is 12.7 Å². The van der Waals surface area contributed by atoms with Gasteiger partial charge in [-0.3, -0.25) is 4.21 Å². The van der Waals surface area contributed by atoms with E-state index in [0.717, 1.165) is 29.0 Å². The molecule has 0 aliphatic rings. The van der Waals surface area contributed by atoms with E-state index < -0.39 is 10.8 Å². The molecule has 4 nitrogen and oxygen atoms in total. The Morgan fingerprint density at radius 2 is 2.26 bits per heavy atom. The van der Waals surface area contributed by atoms with Gasteiger partial charge in [0.15, 0.2) is 11.3 Å². The Kier molecular flexibility index (Phi) is 4.99. The number of rotatable bonds is 7. The number of furan rings is 1. The number of methoxy groups -OCH3 is 1. The molecule has 1 aromatic carbocycles. The SMILES string of the molecule is CCS(=O)CCNCc1cc2cccc(OC)c2o1. The van der Waals surface area contributed by atoms with Gasteiger partial charge < -0.3 is 14.5 Å². The number of fused-ring (bicyclic) bond motifs is 1. The van der Waals surface area contributed by atoms with Crippen molar-refractivity contribution in [1.82, 2.24) is 5.32 Å². The summed E-state index contributed by atoms with van der Waals surface area (Å²) < 4.78 is 22.3. The lowest BCUT2D eigenvalue weighted by Gasteiger charge is -2.01. The first-order chi connectivity index (χ1) is 9.24. The molecule has 0 spiro atoms. The van der Waals surface area contributed by atoms with Crippen molar-refractivity contribution in [3.05, 3.63) is 30.0 Å². The molecule has 0 bridgehead atoms. The molecule has 104 valence electrons. The lowest BCUT2D eigenvalue weighted by atomic mass is 10.2.